The number of nitrogens with one attached hydrogen (secondary N) is 1. The molecule has 1 amide bonds. The highest BCUT2D eigenvalue weighted by Gasteiger charge is 2.31. The number of thiazole rings is 1. The summed E-state index contributed by atoms with van der Waals surface area (Å²) in [6.07, 6.45) is 2.68. The van der Waals surface area contributed by atoms with Gasteiger partial charge in [-0.3, -0.25) is 4.79 Å². The number of unbranched alkanes of at least 4 members (excludes halogenated alkanes) is 1. The summed E-state index contributed by atoms with van der Waals surface area (Å²) in [5.74, 6) is 1.28. The minimum absolute atomic E-state index is 0.134. The summed E-state index contributed by atoms with van der Waals surface area (Å²) >= 11 is 4.59. The molecule has 3 rings (SSSR count). The summed E-state index contributed by atoms with van der Waals surface area (Å²) in [7, 11) is -3.60. The second kappa shape index (κ2) is 9.51. The lowest BCUT2D eigenvalue weighted by Gasteiger charge is -2.25. The number of thioether (sulfide) groups is 1. The van der Waals surface area contributed by atoms with Crippen molar-refractivity contribution >= 4 is 50.4 Å². The number of carbonyl (C=O) groups is 1. The average molecular weight is 446 g/mol. The summed E-state index contributed by atoms with van der Waals surface area (Å²) in [5.41, 5.74) is 1.04. The van der Waals surface area contributed by atoms with Crippen LogP contribution in [0.5, 0.6) is 0 Å². The van der Waals surface area contributed by atoms with Crippen LogP contribution in [0.3, 0.4) is 0 Å². The van der Waals surface area contributed by atoms with E-state index in [0.717, 1.165) is 41.5 Å². The van der Waals surface area contributed by atoms with Crippen LogP contribution in [0.2, 0.25) is 0 Å². The van der Waals surface area contributed by atoms with Crippen LogP contribution in [0.1, 0.15) is 33.2 Å². The Morgan fingerprint density at radius 3 is 2.74 bits per heavy atom. The molecule has 3 heterocycles. The largest absolute Gasteiger partial charge is 0.351 e. The second-order valence-electron chi connectivity index (χ2n) is 6.23. The third kappa shape index (κ3) is 5.32. The Labute approximate surface area is 172 Å². The van der Waals surface area contributed by atoms with Gasteiger partial charge in [-0.1, -0.05) is 0 Å². The molecule has 1 saturated heterocycles. The zero-order valence-electron chi connectivity index (χ0n) is 15.1. The number of amides is 1. The lowest BCUT2D eigenvalue weighted by atomic mass is 10.2. The van der Waals surface area contributed by atoms with E-state index in [1.807, 2.05) is 12.3 Å². The lowest BCUT2D eigenvalue weighted by molar-refractivity contribution is 0.0954. The van der Waals surface area contributed by atoms with Crippen molar-refractivity contribution in [3.63, 3.8) is 0 Å². The number of hydrogen-bond acceptors (Lipinski definition) is 7. The highest BCUT2D eigenvalue weighted by molar-refractivity contribution is 7.99. The van der Waals surface area contributed by atoms with E-state index in [1.54, 1.807) is 34.5 Å². The van der Waals surface area contributed by atoms with Crippen LogP contribution in [0.15, 0.2) is 21.7 Å². The Hall–Kier alpha value is -0.940. The molecule has 0 saturated carbocycles. The monoisotopic (exact) mass is 445 g/mol. The van der Waals surface area contributed by atoms with Crippen LogP contribution in [0, 0.1) is 6.92 Å². The first-order valence-electron chi connectivity index (χ1n) is 8.83. The number of sulfonamides is 1. The van der Waals surface area contributed by atoms with Crippen molar-refractivity contribution in [3.05, 3.63) is 32.4 Å². The van der Waals surface area contributed by atoms with Gasteiger partial charge in [0, 0.05) is 42.2 Å². The van der Waals surface area contributed by atoms with Crippen molar-refractivity contribution < 1.29 is 13.2 Å². The second-order valence-corrected chi connectivity index (χ2v) is 11.2. The standard InChI is InChI=1S/C17H23N3O3S4/c1-13-12-26-15(19-13)4-2-3-6-18-17(21)16-14(5-9-25-16)27(22,23)20-7-10-24-11-8-20/h5,9,12H,2-4,6-8,10-11H2,1H3,(H,18,21). The van der Waals surface area contributed by atoms with Gasteiger partial charge >= 0.3 is 0 Å². The maximum Gasteiger partial charge on any atom is 0.262 e. The normalized spacial score (nSPS) is 15.7. The van der Waals surface area contributed by atoms with E-state index in [-0.39, 0.29) is 15.7 Å². The highest BCUT2D eigenvalue weighted by atomic mass is 32.2. The van der Waals surface area contributed by atoms with Crippen molar-refractivity contribution in [2.45, 2.75) is 31.1 Å². The lowest BCUT2D eigenvalue weighted by Crippen LogP contribution is -2.38. The van der Waals surface area contributed by atoms with E-state index in [4.69, 9.17) is 0 Å². The molecule has 0 aliphatic carbocycles. The summed E-state index contributed by atoms with van der Waals surface area (Å²) in [6.45, 7) is 3.51. The van der Waals surface area contributed by atoms with Crippen molar-refractivity contribution in [1.82, 2.24) is 14.6 Å². The molecule has 0 unspecified atom stereocenters. The molecule has 0 bridgehead atoms. The average Bonchev–Trinajstić information content (AvgIpc) is 3.31. The van der Waals surface area contributed by atoms with Gasteiger partial charge < -0.3 is 5.32 Å². The highest BCUT2D eigenvalue weighted by Crippen LogP contribution is 2.27. The third-order valence-corrected chi connectivity index (χ3v) is 9.15. The quantitative estimate of drug-likeness (QED) is 0.632. The first-order valence-corrected chi connectivity index (χ1v) is 13.2. The molecule has 1 N–H and O–H groups in total. The summed E-state index contributed by atoms with van der Waals surface area (Å²) in [4.78, 5) is 17.3. The fourth-order valence-electron chi connectivity index (χ4n) is 2.79. The maximum absolute atomic E-state index is 12.8. The molecule has 0 atom stereocenters. The van der Waals surface area contributed by atoms with Crippen molar-refractivity contribution in [1.29, 1.82) is 0 Å². The topological polar surface area (TPSA) is 79.4 Å². The van der Waals surface area contributed by atoms with Gasteiger partial charge in [0.15, 0.2) is 0 Å². The first-order chi connectivity index (χ1) is 13.0. The van der Waals surface area contributed by atoms with Crippen molar-refractivity contribution in [2.75, 3.05) is 31.1 Å². The van der Waals surface area contributed by atoms with Crippen LogP contribution in [0.25, 0.3) is 0 Å². The number of aromatic nitrogens is 1. The van der Waals surface area contributed by atoms with Gasteiger partial charge in [-0.25, -0.2) is 13.4 Å². The van der Waals surface area contributed by atoms with E-state index in [0.29, 0.717) is 19.6 Å². The molecular weight excluding hydrogens is 422 g/mol. The van der Waals surface area contributed by atoms with Gasteiger partial charge in [0.1, 0.15) is 9.77 Å². The number of aryl methyl sites for hydroxylation is 2. The molecule has 1 fully saturated rings. The van der Waals surface area contributed by atoms with Crippen LogP contribution in [-0.2, 0) is 16.4 Å². The third-order valence-electron chi connectivity index (χ3n) is 4.19. The van der Waals surface area contributed by atoms with E-state index in [2.05, 4.69) is 10.3 Å². The molecule has 0 spiro atoms. The molecular formula is C17H23N3O3S4. The molecule has 0 aromatic carbocycles. The molecule has 1 aliphatic heterocycles. The van der Waals surface area contributed by atoms with Crippen LogP contribution >= 0.6 is 34.4 Å². The zero-order chi connectivity index (χ0) is 19.3. The maximum atomic E-state index is 12.8. The number of hydrogen-bond donors (Lipinski definition) is 1. The predicted octanol–water partition coefficient (Wildman–Crippen LogP) is 3.00. The molecule has 148 valence electrons. The number of rotatable bonds is 8. The molecule has 6 nitrogen and oxygen atoms in total. The Morgan fingerprint density at radius 1 is 1.26 bits per heavy atom. The molecule has 2 aromatic heterocycles. The SMILES string of the molecule is Cc1csc(CCCCNC(=O)c2sccc2S(=O)(=O)N2CCSCC2)n1. The summed E-state index contributed by atoms with van der Waals surface area (Å²) in [6, 6.07) is 1.54. The Bertz CT molecular complexity index is 870. The first kappa shape index (κ1) is 20.8. The van der Waals surface area contributed by atoms with E-state index in [9.17, 15) is 13.2 Å². The number of carbonyl (C=O) groups excluding carboxylic acids is 1. The fourth-order valence-corrected chi connectivity index (χ4v) is 7.50. The molecule has 10 heteroatoms. The van der Waals surface area contributed by atoms with Crippen molar-refractivity contribution in [2.24, 2.45) is 0 Å². The van der Waals surface area contributed by atoms with Gasteiger partial charge in [0.25, 0.3) is 5.91 Å². The Kier molecular flexibility index (Phi) is 7.32. The van der Waals surface area contributed by atoms with Gasteiger partial charge in [-0.15, -0.1) is 22.7 Å². The van der Waals surface area contributed by atoms with Crippen molar-refractivity contribution in [3.8, 4) is 0 Å². The molecule has 2 aromatic rings. The van der Waals surface area contributed by atoms with Crippen LogP contribution < -0.4 is 5.32 Å². The van der Waals surface area contributed by atoms with E-state index in [1.165, 1.54) is 15.6 Å². The summed E-state index contributed by atoms with van der Waals surface area (Å²) in [5, 5.41) is 7.69. The van der Waals surface area contributed by atoms with Gasteiger partial charge in [-0.2, -0.15) is 16.1 Å². The predicted molar refractivity (Wildman–Crippen MR) is 113 cm³/mol. The minimum atomic E-state index is -3.60. The van der Waals surface area contributed by atoms with Gasteiger partial charge in [-0.05, 0) is 37.6 Å². The summed E-state index contributed by atoms with van der Waals surface area (Å²) < 4.78 is 27.2. The van der Waals surface area contributed by atoms with E-state index < -0.39 is 10.0 Å². The van der Waals surface area contributed by atoms with Gasteiger partial charge in [0.05, 0.1) is 5.01 Å². The minimum Gasteiger partial charge on any atom is -0.351 e. The number of nitrogens with zero attached hydrogens (tertiary/aromatic N) is 2. The van der Waals surface area contributed by atoms with Crippen LogP contribution in [0.4, 0.5) is 0 Å². The Morgan fingerprint density at radius 2 is 2.04 bits per heavy atom. The molecule has 27 heavy (non-hydrogen) atoms. The Balaban J connectivity index is 1.52. The van der Waals surface area contributed by atoms with E-state index >= 15 is 0 Å². The molecule has 0 radical (unpaired) electrons. The molecule has 1 aliphatic rings. The van der Waals surface area contributed by atoms with Crippen LogP contribution in [-0.4, -0.2) is 54.8 Å². The number of thiophene rings is 1. The fraction of sp³-hybridized carbons (Fsp3) is 0.529. The zero-order valence-corrected chi connectivity index (χ0v) is 18.4. The van der Waals surface area contributed by atoms with Gasteiger partial charge in [0.2, 0.25) is 10.0 Å². The smallest absolute Gasteiger partial charge is 0.262 e.